The smallest absolute Gasteiger partial charge is 0.119 e. The lowest BCUT2D eigenvalue weighted by molar-refractivity contribution is 0.0358. The van der Waals surface area contributed by atoms with Crippen LogP contribution < -0.4 is 4.74 Å². The van der Waals surface area contributed by atoms with Crippen LogP contribution in [0.2, 0.25) is 5.02 Å². The molecule has 1 aromatic rings. The van der Waals surface area contributed by atoms with Gasteiger partial charge in [-0.05, 0) is 43.5 Å². The molecule has 0 aromatic heterocycles. The monoisotopic (exact) mass is 283 g/mol. The van der Waals surface area contributed by atoms with E-state index in [1.807, 2.05) is 26.0 Å². The molecular formula is C15H22ClNO2. The fraction of sp³-hybridized carbons (Fsp3) is 0.600. The predicted octanol–water partition coefficient (Wildman–Crippen LogP) is 3.06. The molecule has 3 nitrogen and oxygen atoms in total. The van der Waals surface area contributed by atoms with Crippen molar-refractivity contribution in [2.75, 3.05) is 39.5 Å². The van der Waals surface area contributed by atoms with Crippen LogP contribution in [0.4, 0.5) is 0 Å². The van der Waals surface area contributed by atoms with E-state index in [-0.39, 0.29) is 0 Å². The lowest BCUT2D eigenvalue weighted by Gasteiger charge is -2.26. The maximum atomic E-state index is 6.14. The Kier molecular flexibility index (Phi) is 5.49. The largest absolute Gasteiger partial charge is 0.494 e. The average molecular weight is 284 g/mol. The zero-order chi connectivity index (χ0) is 13.7. The molecule has 19 heavy (non-hydrogen) atoms. The molecule has 0 amide bonds. The summed E-state index contributed by atoms with van der Waals surface area (Å²) in [7, 11) is 0. The van der Waals surface area contributed by atoms with Crippen LogP contribution in [-0.2, 0) is 4.74 Å². The van der Waals surface area contributed by atoms with E-state index in [2.05, 4.69) is 4.90 Å². The highest BCUT2D eigenvalue weighted by Gasteiger charge is 2.09. The fourth-order valence-electron chi connectivity index (χ4n) is 2.29. The molecular weight excluding hydrogens is 262 g/mol. The minimum absolute atomic E-state index is 0.748. The molecule has 0 aliphatic carbocycles. The Morgan fingerprint density at radius 1 is 1.21 bits per heavy atom. The van der Waals surface area contributed by atoms with E-state index in [1.165, 1.54) is 0 Å². The fourth-order valence-corrected chi connectivity index (χ4v) is 2.40. The second-order valence-electron chi connectivity index (χ2n) is 5.03. The molecule has 1 heterocycles. The summed E-state index contributed by atoms with van der Waals surface area (Å²) in [5, 5.41) is 0.834. The number of morpholine rings is 1. The van der Waals surface area contributed by atoms with Crippen molar-refractivity contribution in [2.45, 2.75) is 20.3 Å². The predicted molar refractivity (Wildman–Crippen MR) is 78.3 cm³/mol. The highest BCUT2D eigenvalue weighted by molar-refractivity contribution is 6.32. The molecule has 2 rings (SSSR count). The summed E-state index contributed by atoms with van der Waals surface area (Å²) in [6, 6.07) is 4.01. The van der Waals surface area contributed by atoms with E-state index >= 15 is 0 Å². The molecule has 0 saturated carbocycles. The van der Waals surface area contributed by atoms with Crippen molar-refractivity contribution in [1.82, 2.24) is 4.90 Å². The Hall–Kier alpha value is -0.770. The first-order chi connectivity index (χ1) is 9.16. The van der Waals surface area contributed by atoms with Crippen molar-refractivity contribution in [1.29, 1.82) is 0 Å². The molecule has 106 valence electrons. The van der Waals surface area contributed by atoms with Gasteiger partial charge in [-0.2, -0.15) is 0 Å². The zero-order valence-corrected chi connectivity index (χ0v) is 12.5. The Morgan fingerprint density at radius 2 is 1.84 bits per heavy atom. The molecule has 1 aliphatic rings. The lowest BCUT2D eigenvalue weighted by Crippen LogP contribution is -2.37. The van der Waals surface area contributed by atoms with Crippen LogP contribution in [0.25, 0.3) is 0 Å². The van der Waals surface area contributed by atoms with Gasteiger partial charge < -0.3 is 9.47 Å². The molecule has 0 radical (unpaired) electrons. The maximum Gasteiger partial charge on any atom is 0.119 e. The third kappa shape index (κ3) is 4.37. The van der Waals surface area contributed by atoms with Gasteiger partial charge in [0.15, 0.2) is 0 Å². The van der Waals surface area contributed by atoms with Crippen LogP contribution >= 0.6 is 11.6 Å². The van der Waals surface area contributed by atoms with E-state index in [1.54, 1.807) is 0 Å². The summed E-state index contributed by atoms with van der Waals surface area (Å²) in [5.74, 6) is 0.918. The van der Waals surface area contributed by atoms with Gasteiger partial charge in [0.1, 0.15) is 5.75 Å². The van der Waals surface area contributed by atoms with Gasteiger partial charge >= 0.3 is 0 Å². The number of rotatable bonds is 5. The van der Waals surface area contributed by atoms with E-state index in [0.717, 1.165) is 67.8 Å². The highest BCUT2D eigenvalue weighted by Crippen LogP contribution is 2.25. The SMILES string of the molecule is Cc1cc(OCCCN2CCOCC2)cc(C)c1Cl. The second-order valence-corrected chi connectivity index (χ2v) is 5.41. The third-order valence-electron chi connectivity index (χ3n) is 3.40. The summed E-state index contributed by atoms with van der Waals surface area (Å²) in [6.07, 6.45) is 1.04. The van der Waals surface area contributed by atoms with Crippen LogP contribution in [0.5, 0.6) is 5.75 Å². The van der Waals surface area contributed by atoms with Crippen molar-refractivity contribution in [3.8, 4) is 5.75 Å². The number of ether oxygens (including phenoxy) is 2. The average Bonchev–Trinajstić information content (AvgIpc) is 2.42. The molecule has 1 aromatic carbocycles. The third-order valence-corrected chi connectivity index (χ3v) is 4.00. The number of benzene rings is 1. The zero-order valence-electron chi connectivity index (χ0n) is 11.7. The normalized spacial score (nSPS) is 16.6. The van der Waals surface area contributed by atoms with E-state index in [0.29, 0.717) is 0 Å². The molecule has 1 fully saturated rings. The Labute approximate surface area is 120 Å². The summed E-state index contributed by atoms with van der Waals surface area (Å²) in [4.78, 5) is 2.42. The number of hydrogen-bond acceptors (Lipinski definition) is 3. The molecule has 0 spiro atoms. The molecule has 0 atom stereocenters. The Morgan fingerprint density at radius 3 is 2.47 bits per heavy atom. The highest BCUT2D eigenvalue weighted by atomic mass is 35.5. The summed E-state index contributed by atoms with van der Waals surface area (Å²) < 4.78 is 11.1. The van der Waals surface area contributed by atoms with Crippen LogP contribution in [0.3, 0.4) is 0 Å². The number of nitrogens with zero attached hydrogens (tertiary/aromatic N) is 1. The van der Waals surface area contributed by atoms with Crippen LogP contribution in [0, 0.1) is 13.8 Å². The minimum atomic E-state index is 0.748. The topological polar surface area (TPSA) is 21.7 Å². The quantitative estimate of drug-likeness (QED) is 0.775. The first-order valence-electron chi connectivity index (χ1n) is 6.86. The molecule has 0 N–H and O–H groups in total. The lowest BCUT2D eigenvalue weighted by atomic mass is 10.1. The maximum absolute atomic E-state index is 6.14. The molecule has 0 bridgehead atoms. The summed E-state index contributed by atoms with van der Waals surface area (Å²) >= 11 is 6.14. The van der Waals surface area contributed by atoms with Crippen LogP contribution in [0.15, 0.2) is 12.1 Å². The van der Waals surface area contributed by atoms with Gasteiger partial charge in [-0.3, -0.25) is 4.90 Å². The second kappa shape index (κ2) is 7.13. The Bertz CT molecular complexity index is 394. The van der Waals surface area contributed by atoms with Crippen molar-refractivity contribution < 1.29 is 9.47 Å². The first-order valence-corrected chi connectivity index (χ1v) is 7.24. The molecule has 1 aliphatic heterocycles. The first kappa shape index (κ1) is 14.6. The van der Waals surface area contributed by atoms with Crippen LogP contribution in [0.1, 0.15) is 17.5 Å². The van der Waals surface area contributed by atoms with Crippen LogP contribution in [-0.4, -0.2) is 44.4 Å². The van der Waals surface area contributed by atoms with Gasteiger partial charge in [0.25, 0.3) is 0 Å². The molecule has 4 heteroatoms. The van der Waals surface area contributed by atoms with Crippen molar-refractivity contribution >= 4 is 11.6 Å². The van der Waals surface area contributed by atoms with Gasteiger partial charge in [-0.15, -0.1) is 0 Å². The van der Waals surface area contributed by atoms with E-state index < -0.39 is 0 Å². The van der Waals surface area contributed by atoms with Gasteiger partial charge in [0.05, 0.1) is 19.8 Å². The summed E-state index contributed by atoms with van der Waals surface area (Å²) in [6.45, 7) is 9.64. The number of hydrogen-bond donors (Lipinski definition) is 0. The standard InChI is InChI=1S/C15H22ClNO2/c1-12-10-14(11-13(2)15(12)16)19-7-3-4-17-5-8-18-9-6-17/h10-11H,3-9H2,1-2H3. The van der Waals surface area contributed by atoms with Gasteiger partial charge in [-0.1, -0.05) is 11.6 Å². The van der Waals surface area contributed by atoms with Crippen molar-refractivity contribution in [3.05, 3.63) is 28.3 Å². The summed E-state index contributed by atoms with van der Waals surface area (Å²) in [5.41, 5.74) is 2.15. The van der Waals surface area contributed by atoms with Gasteiger partial charge in [0, 0.05) is 24.7 Å². The number of aryl methyl sites for hydroxylation is 2. The minimum Gasteiger partial charge on any atom is -0.494 e. The molecule has 0 unspecified atom stereocenters. The van der Waals surface area contributed by atoms with Crippen molar-refractivity contribution in [3.63, 3.8) is 0 Å². The van der Waals surface area contributed by atoms with Gasteiger partial charge in [-0.25, -0.2) is 0 Å². The van der Waals surface area contributed by atoms with E-state index in [4.69, 9.17) is 21.1 Å². The molecule has 1 saturated heterocycles. The Balaban J connectivity index is 1.73. The van der Waals surface area contributed by atoms with E-state index in [9.17, 15) is 0 Å². The van der Waals surface area contributed by atoms with Crippen molar-refractivity contribution in [2.24, 2.45) is 0 Å². The van der Waals surface area contributed by atoms with Gasteiger partial charge in [0.2, 0.25) is 0 Å². The number of halogens is 1.